The smallest absolute Gasteiger partial charge is 0.375 e. The Morgan fingerprint density at radius 2 is 1.67 bits per heavy atom. The molecule has 0 unspecified atom stereocenters. The van der Waals surface area contributed by atoms with Crippen molar-refractivity contribution in [3.8, 4) is 0 Å². The summed E-state index contributed by atoms with van der Waals surface area (Å²) in [6.45, 7) is 2.54. The molecular weight excluding hydrogens is 260 g/mol. The zero-order valence-electron chi connectivity index (χ0n) is 9.26. The molecule has 88 valence electrons. The van der Waals surface area contributed by atoms with Crippen molar-refractivity contribution < 1.29 is 14.3 Å². The van der Waals surface area contributed by atoms with Gasteiger partial charge in [0.1, 0.15) is 0 Å². The lowest BCUT2D eigenvalue weighted by atomic mass is 10.1. The van der Waals surface area contributed by atoms with Gasteiger partial charge in [-0.1, -0.05) is 55.0 Å². The molecule has 0 aliphatic rings. The molecule has 0 saturated carbocycles. The van der Waals surface area contributed by atoms with Gasteiger partial charge in [-0.15, -0.1) is 0 Å². The number of esters is 1. The molecule has 0 spiro atoms. The molecule has 3 nitrogen and oxygen atoms in total. The van der Waals surface area contributed by atoms with E-state index in [2.05, 4.69) is 22.9 Å². The van der Waals surface area contributed by atoms with Crippen LogP contribution in [0, 0.1) is 0 Å². The number of alkyl halides is 1. The van der Waals surface area contributed by atoms with E-state index in [1.165, 1.54) is 25.7 Å². The Labute approximate surface area is 99.7 Å². The fraction of sp³-hybridized carbons (Fsp3) is 0.818. The van der Waals surface area contributed by atoms with Crippen LogP contribution in [-0.4, -0.2) is 23.7 Å². The second-order valence-corrected chi connectivity index (χ2v) is 4.02. The highest BCUT2D eigenvalue weighted by atomic mass is 79.9. The van der Waals surface area contributed by atoms with Crippen LogP contribution in [0.4, 0.5) is 0 Å². The number of ketones is 1. The second-order valence-electron chi connectivity index (χ2n) is 3.46. The van der Waals surface area contributed by atoms with E-state index in [1.54, 1.807) is 0 Å². The normalized spacial score (nSPS) is 10.0. The zero-order valence-corrected chi connectivity index (χ0v) is 10.8. The summed E-state index contributed by atoms with van der Waals surface area (Å²) < 4.78 is 4.78. The van der Waals surface area contributed by atoms with Gasteiger partial charge in [0.15, 0.2) is 0 Å². The third kappa shape index (κ3) is 8.60. The van der Waals surface area contributed by atoms with Crippen LogP contribution in [0.1, 0.15) is 45.4 Å². The number of halogens is 1. The first-order chi connectivity index (χ1) is 7.22. The van der Waals surface area contributed by atoms with Gasteiger partial charge in [0.2, 0.25) is 5.78 Å². The Balaban J connectivity index is 3.24. The molecule has 15 heavy (non-hydrogen) atoms. The van der Waals surface area contributed by atoms with E-state index in [9.17, 15) is 9.59 Å². The topological polar surface area (TPSA) is 43.4 Å². The van der Waals surface area contributed by atoms with Gasteiger partial charge in [0.25, 0.3) is 0 Å². The number of hydrogen-bond donors (Lipinski definition) is 0. The van der Waals surface area contributed by atoms with E-state index < -0.39 is 11.8 Å². The van der Waals surface area contributed by atoms with Crippen LogP contribution in [0.3, 0.4) is 0 Å². The van der Waals surface area contributed by atoms with E-state index in [0.29, 0.717) is 6.61 Å². The van der Waals surface area contributed by atoms with Gasteiger partial charge in [-0.3, -0.25) is 4.79 Å². The van der Waals surface area contributed by atoms with Crippen LogP contribution in [-0.2, 0) is 14.3 Å². The Bertz CT molecular complexity index is 192. The number of hydrogen-bond acceptors (Lipinski definition) is 3. The Hall–Kier alpha value is -0.380. The van der Waals surface area contributed by atoms with Gasteiger partial charge < -0.3 is 4.74 Å². The summed E-state index contributed by atoms with van der Waals surface area (Å²) in [7, 11) is 0. The van der Waals surface area contributed by atoms with Gasteiger partial charge in [-0.25, -0.2) is 4.79 Å². The minimum absolute atomic E-state index is 0.0440. The van der Waals surface area contributed by atoms with Crippen LogP contribution in [0.2, 0.25) is 0 Å². The summed E-state index contributed by atoms with van der Waals surface area (Å²) in [6.07, 6.45) is 6.83. The summed E-state index contributed by atoms with van der Waals surface area (Å²) in [5.74, 6) is -1.23. The van der Waals surface area contributed by atoms with Gasteiger partial charge >= 0.3 is 5.97 Å². The molecular formula is C11H19BrO3. The van der Waals surface area contributed by atoms with Crippen molar-refractivity contribution in [1.82, 2.24) is 0 Å². The van der Waals surface area contributed by atoms with Crippen LogP contribution >= 0.6 is 15.9 Å². The van der Waals surface area contributed by atoms with Crippen LogP contribution in [0.25, 0.3) is 0 Å². The van der Waals surface area contributed by atoms with Crippen molar-refractivity contribution in [2.24, 2.45) is 0 Å². The lowest BCUT2D eigenvalue weighted by molar-refractivity contribution is -0.152. The predicted octanol–water partition coefficient (Wildman–Crippen LogP) is 2.85. The monoisotopic (exact) mass is 278 g/mol. The van der Waals surface area contributed by atoms with Crippen LogP contribution in [0.5, 0.6) is 0 Å². The highest BCUT2D eigenvalue weighted by Gasteiger charge is 2.12. The molecule has 0 N–H and O–H groups in total. The molecule has 0 rings (SSSR count). The molecule has 0 atom stereocenters. The van der Waals surface area contributed by atoms with Crippen molar-refractivity contribution >= 4 is 27.7 Å². The number of unbranched alkanes of at least 4 members (excludes halogenated alkanes) is 5. The SMILES string of the molecule is CCCCCCCCOC(=O)C(=O)CBr. The highest BCUT2D eigenvalue weighted by Crippen LogP contribution is 2.04. The highest BCUT2D eigenvalue weighted by molar-refractivity contribution is 9.09. The molecule has 0 aromatic heterocycles. The van der Waals surface area contributed by atoms with Crippen molar-refractivity contribution in [1.29, 1.82) is 0 Å². The van der Waals surface area contributed by atoms with Gasteiger partial charge in [0, 0.05) is 0 Å². The van der Waals surface area contributed by atoms with E-state index in [1.807, 2.05) is 0 Å². The molecule has 0 aromatic rings. The minimum atomic E-state index is -0.722. The number of ether oxygens (including phenoxy) is 1. The van der Waals surface area contributed by atoms with Gasteiger partial charge in [-0.2, -0.15) is 0 Å². The maximum atomic E-state index is 10.9. The summed E-state index contributed by atoms with van der Waals surface area (Å²) in [6, 6.07) is 0. The third-order valence-corrected chi connectivity index (χ3v) is 2.59. The van der Waals surface area contributed by atoms with Crippen LogP contribution < -0.4 is 0 Å². The molecule has 0 saturated heterocycles. The quantitative estimate of drug-likeness (QED) is 0.282. The van der Waals surface area contributed by atoms with Crippen molar-refractivity contribution in [2.75, 3.05) is 11.9 Å². The number of rotatable bonds is 9. The number of carbonyl (C=O) groups excluding carboxylic acids is 2. The first-order valence-electron chi connectivity index (χ1n) is 5.48. The maximum Gasteiger partial charge on any atom is 0.375 e. The Kier molecular flexibility index (Phi) is 9.89. The van der Waals surface area contributed by atoms with E-state index >= 15 is 0 Å². The first kappa shape index (κ1) is 14.6. The molecule has 0 fully saturated rings. The molecule has 0 amide bonds. The summed E-state index contributed by atoms with van der Waals surface area (Å²) >= 11 is 2.92. The average Bonchev–Trinajstić information content (AvgIpc) is 2.26. The molecule has 0 heterocycles. The van der Waals surface area contributed by atoms with Crippen molar-refractivity contribution in [3.63, 3.8) is 0 Å². The predicted molar refractivity (Wildman–Crippen MR) is 63.1 cm³/mol. The van der Waals surface area contributed by atoms with E-state index in [4.69, 9.17) is 4.74 Å². The minimum Gasteiger partial charge on any atom is -0.460 e. The maximum absolute atomic E-state index is 10.9. The number of Topliss-reactive ketones (excluding diaryl/α,β-unsaturated/α-hetero) is 1. The molecule has 0 aliphatic carbocycles. The third-order valence-electron chi connectivity index (χ3n) is 2.08. The average molecular weight is 279 g/mol. The second kappa shape index (κ2) is 10.1. The molecule has 4 heteroatoms. The van der Waals surface area contributed by atoms with Gasteiger partial charge in [0.05, 0.1) is 11.9 Å². The molecule has 0 aliphatic heterocycles. The Morgan fingerprint density at radius 3 is 2.27 bits per heavy atom. The molecule has 0 bridgehead atoms. The largest absolute Gasteiger partial charge is 0.460 e. The van der Waals surface area contributed by atoms with Crippen molar-refractivity contribution in [2.45, 2.75) is 45.4 Å². The fourth-order valence-electron chi connectivity index (χ4n) is 1.18. The summed E-state index contributed by atoms with van der Waals surface area (Å²) in [4.78, 5) is 21.7. The first-order valence-corrected chi connectivity index (χ1v) is 6.60. The van der Waals surface area contributed by atoms with Crippen LogP contribution in [0.15, 0.2) is 0 Å². The lowest BCUT2D eigenvalue weighted by Gasteiger charge is -2.02. The fourth-order valence-corrected chi connectivity index (χ4v) is 1.41. The molecule has 0 aromatic carbocycles. The van der Waals surface area contributed by atoms with E-state index in [-0.39, 0.29) is 5.33 Å². The standard InChI is InChI=1S/C11H19BrO3/c1-2-3-4-5-6-7-8-15-11(14)10(13)9-12/h2-9H2,1H3. The van der Waals surface area contributed by atoms with E-state index in [0.717, 1.165) is 12.8 Å². The zero-order chi connectivity index (χ0) is 11.5. The lowest BCUT2D eigenvalue weighted by Crippen LogP contribution is -2.18. The summed E-state index contributed by atoms with van der Waals surface area (Å²) in [5.41, 5.74) is 0. The number of carbonyl (C=O) groups is 2. The molecule has 0 radical (unpaired) electrons. The Morgan fingerprint density at radius 1 is 1.07 bits per heavy atom. The van der Waals surface area contributed by atoms with Crippen molar-refractivity contribution in [3.05, 3.63) is 0 Å². The van der Waals surface area contributed by atoms with Gasteiger partial charge in [-0.05, 0) is 6.42 Å². The summed E-state index contributed by atoms with van der Waals surface area (Å²) in [5, 5.41) is 0.0440.